The van der Waals surface area contributed by atoms with Crippen molar-refractivity contribution in [1.29, 1.82) is 0 Å². The van der Waals surface area contributed by atoms with E-state index in [0.29, 0.717) is 18.4 Å². The predicted molar refractivity (Wildman–Crippen MR) is 124 cm³/mol. The van der Waals surface area contributed by atoms with E-state index in [2.05, 4.69) is 28.1 Å². The topological polar surface area (TPSA) is 56.6 Å². The van der Waals surface area contributed by atoms with Crippen molar-refractivity contribution in [2.24, 2.45) is 5.92 Å². The first-order valence-corrected chi connectivity index (χ1v) is 11.2. The van der Waals surface area contributed by atoms with E-state index in [1.165, 1.54) is 5.56 Å². The van der Waals surface area contributed by atoms with E-state index in [-0.39, 0.29) is 5.56 Å². The fourth-order valence-corrected chi connectivity index (χ4v) is 5.34. The number of hydrogen-bond acceptors (Lipinski definition) is 5. The predicted octanol–water partition coefficient (Wildman–Crippen LogP) is 3.68. The number of aromatic nitrogens is 2. The van der Waals surface area contributed by atoms with Gasteiger partial charge in [-0.25, -0.2) is 0 Å². The van der Waals surface area contributed by atoms with Crippen LogP contribution in [0.1, 0.15) is 29.2 Å². The molecule has 3 aromatic rings. The van der Waals surface area contributed by atoms with Crippen LogP contribution in [0.25, 0.3) is 11.1 Å². The standard InChI is InChI=1S/C26H29N3O3/c1-31-17-23-8-18(5-6-25(23)32-2)13-28-14-19-9-22(16-28)24-10-21(11-26(30)29(24)15-19)20-4-3-7-27-12-20/h3-8,10-12,19,22H,9,13-17H2,1-2H3/t19-,22+/m0/s1. The highest BCUT2D eigenvalue weighted by Gasteiger charge is 2.35. The maximum Gasteiger partial charge on any atom is 0.251 e. The van der Waals surface area contributed by atoms with Gasteiger partial charge in [-0.1, -0.05) is 12.1 Å². The molecule has 2 aliphatic heterocycles. The minimum Gasteiger partial charge on any atom is -0.496 e. The smallest absolute Gasteiger partial charge is 0.251 e. The van der Waals surface area contributed by atoms with E-state index in [0.717, 1.165) is 60.7 Å². The first kappa shape index (κ1) is 20.9. The summed E-state index contributed by atoms with van der Waals surface area (Å²) >= 11 is 0. The molecule has 1 fully saturated rings. The van der Waals surface area contributed by atoms with Gasteiger partial charge in [-0.3, -0.25) is 14.7 Å². The van der Waals surface area contributed by atoms with Gasteiger partial charge in [0, 0.05) is 74.5 Å². The quantitative estimate of drug-likeness (QED) is 0.596. The fraction of sp³-hybridized carbons (Fsp3) is 0.385. The van der Waals surface area contributed by atoms with E-state index in [4.69, 9.17) is 9.47 Å². The molecule has 0 N–H and O–H groups in total. The van der Waals surface area contributed by atoms with Crippen LogP contribution in [0.4, 0.5) is 0 Å². The number of fused-ring (bicyclic) bond motifs is 4. The van der Waals surface area contributed by atoms with Crippen molar-refractivity contribution in [3.63, 3.8) is 0 Å². The Morgan fingerprint density at radius 1 is 1.06 bits per heavy atom. The van der Waals surface area contributed by atoms with Crippen LogP contribution in [-0.4, -0.2) is 41.8 Å². The molecule has 32 heavy (non-hydrogen) atoms. The summed E-state index contributed by atoms with van der Waals surface area (Å²) in [5.74, 6) is 1.73. The number of rotatable bonds is 6. The zero-order valence-electron chi connectivity index (χ0n) is 18.7. The number of methoxy groups -OCH3 is 2. The molecule has 5 rings (SSSR count). The van der Waals surface area contributed by atoms with Crippen LogP contribution in [0.2, 0.25) is 0 Å². The largest absolute Gasteiger partial charge is 0.496 e. The van der Waals surface area contributed by atoms with Crippen molar-refractivity contribution in [2.75, 3.05) is 27.3 Å². The number of ether oxygens (including phenoxy) is 2. The van der Waals surface area contributed by atoms with E-state index < -0.39 is 0 Å². The monoisotopic (exact) mass is 431 g/mol. The Kier molecular flexibility index (Phi) is 5.81. The first-order valence-electron chi connectivity index (χ1n) is 11.2. The summed E-state index contributed by atoms with van der Waals surface area (Å²) in [6, 6.07) is 14.2. The van der Waals surface area contributed by atoms with Crippen molar-refractivity contribution in [3.8, 4) is 16.9 Å². The van der Waals surface area contributed by atoms with Gasteiger partial charge in [0.15, 0.2) is 0 Å². The lowest BCUT2D eigenvalue weighted by Gasteiger charge is -2.43. The lowest BCUT2D eigenvalue weighted by molar-refractivity contribution is 0.114. The Labute approximate surface area is 188 Å². The first-order chi connectivity index (χ1) is 15.6. The molecule has 2 aromatic heterocycles. The highest BCUT2D eigenvalue weighted by molar-refractivity contribution is 5.62. The summed E-state index contributed by atoms with van der Waals surface area (Å²) in [6.07, 6.45) is 4.73. The van der Waals surface area contributed by atoms with Gasteiger partial charge in [-0.2, -0.15) is 0 Å². The van der Waals surface area contributed by atoms with Crippen LogP contribution < -0.4 is 10.3 Å². The zero-order valence-corrected chi connectivity index (χ0v) is 18.7. The molecule has 1 aromatic carbocycles. The summed E-state index contributed by atoms with van der Waals surface area (Å²) in [6.45, 7) is 4.19. The molecule has 2 bridgehead atoms. The number of likely N-dealkylation sites (tertiary alicyclic amines) is 1. The summed E-state index contributed by atoms with van der Waals surface area (Å²) in [4.78, 5) is 19.7. The van der Waals surface area contributed by atoms with E-state index >= 15 is 0 Å². The van der Waals surface area contributed by atoms with Crippen LogP contribution in [0.3, 0.4) is 0 Å². The Morgan fingerprint density at radius 2 is 1.97 bits per heavy atom. The second-order valence-corrected chi connectivity index (χ2v) is 8.93. The van der Waals surface area contributed by atoms with E-state index in [9.17, 15) is 4.79 Å². The molecule has 0 spiro atoms. The van der Waals surface area contributed by atoms with Crippen molar-refractivity contribution in [1.82, 2.24) is 14.5 Å². The Balaban J connectivity index is 1.40. The second-order valence-electron chi connectivity index (χ2n) is 8.93. The normalized spacial score (nSPS) is 20.1. The van der Waals surface area contributed by atoms with Gasteiger partial charge in [0.05, 0.1) is 13.7 Å². The maximum absolute atomic E-state index is 12.9. The molecule has 1 saturated heterocycles. The van der Waals surface area contributed by atoms with E-state index in [1.54, 1.807) is 26.5 Å². The third-order valence-corrected chi connectivity index (χ3v) is 6.68. The Bertz CT molecular complexity index is 1160. The Morgan fingerprint density at radius 3 is 2.75 bits per heavy atom. The lowest BCUT2D eigenvalue weighted by atomic mass is 9.82. The molecule has 0 radical (unpaired) electrons. The molecule has 0 unspecified atom stereocenters. The molecule has 6 heteroatoms. The van der Waals surface area contributed by atoms with Gasteiger partial charge in [0.1, 0.15) is 5.75 Å². The number of hydrogen-bond donors (Lipinski definition) is 0. The van der Waals surface area contributed by atoms with Crippen molar-refractivity contribution in [3.05, 3.63) is 82.0 Å². The van der Waals surface area contributed by atoms with Gasteiger partial charge >= 0.3 is 0 Å². The summed E-state index contributed by atoms with van der Waals surface area (Å²) in [5.41, 5.74) is 5.55. The summed E-state index contributed by atoms with van der Waals surface area (Å²) in [7, 11) is 3.40. The zero-order chi connectivity index (χ0) is 22.1. The van der Waals surface area contributed by atoms with Gasteiger partial charge in [-0.05, 0) is 47.7 Å². The highest BCUT2D eigenvalue weighted by atomic mass is 16.5. The van der Waals surface area contributed by atoms with Crippen molar-refractivity contribution < 1.29 is 9.47 Å². The third kappa shape index (κ3) is 4.08. The number of pyridine rings is 2. The highest BCUT2D eigenvalue weighted by Crippen LogP contribution is 2.37. The van der Waals surface area contributed by atoms with Crippen LogP contribution in [0.5, 0.6) is 5.75 Å². The van der Waals surface area contributed by atoms with Gasteiger partial charge in [-0.15, -0.1) is 0 Å². The molecule has 2 aliphatic rings. The number of nitrogens with zero attached hydrogens (tertiary/aromatic N) is 3. The van der Waals surface area contributed by atoms with Crippen LogP contribution in [0.15, 0.2) is 59.7 Å². The van der Waals surface area contributed by atoms with E-state index in [1.807, 2.05) is 29.0 Å². The van der Waals surface area contributed by atoms with Crippen molar-refractivity contribution >= 4 is 0 Å². The minimum atomic E-state index is 0.101. The third-order valence-electron chi connectivity index (χ3n) is 6.68. The molecule has 0 amide bonds. The fourth-order valence-electron chi connectivity index (χ4n) is 5.34. The average Bonchev–Trinajstić information content (AvgIpc) is 2.81. The number of benzene rings is 1. The van der Waals surface area contributed by atoms with Gasteiger partial charge in [0.2, 0.25) is 0 Å². The SMILES string of the molecule is COCc1cc(CN2C[C@@H]3C[C@H](C2)c2cc(-c4cccnc4)cc(=O)n2C3)ccc1OC. The molecule has 166 valence electrons. The molecule has 2 atom stereocenters. The Hall–Kier alpha value is -2.96. The summed E-state index contributed by atoms with van der Waals surface area (Å²) in [5, 5.41) is 0. The van der Waals surface area contributed by atoms with Crippen LogP contribution in [-0.2, 0) is 24.4 Å². The molecule has 0 aliphatic carbocycles. The van der Waals surface area contributed by atoms with Gasteiger partial charge in [0.25, 0.3) is 5.56 Å². The molecule has 4 heterocycles. The summed E-state index contributed by atoms with van der Waals surface area (Å²) < 4.78 is 12.8. The molecular weight excluding hydrogens is 402 g/mol. The molecular formula is C26H29N3O3. The number of piperidine rings is 1. The lowest BCUT2D eigenvalue weighted by Crippen LogP contribution is -2.46. The molecule has 6 nitrogen and oxygen atoms in total. The van der Waals surface area contributed by atoms with Crippen LogP contribution >= 0.6 is 0 Å². The minimum absolute atomic E-state index is 0.101. The molecule has 0 saturated carbocycles. The average molecular weight is 432 g/mol. The van der Waals surface area contributed by atoms with Crippen LogP contribution in [0, 0.1) is 5.92 Å². The van der Waals surface area contributed by atoms with Gasteiger partial charge < -0.3 is 14.0 Å². The van der Waals surface area contributed by atoms with Crippen molar-refractivity contribution in [2.45, 2.75) is 32.0 Å². The second kappa shape index (κ2) is 8.88. The maximum atomic E-state index is 12.9.